The second-order valence-corrected chi connectivity index (χ2v) is 4.61. The van der Waals surface area contributed by atoms with Crippen LogP contribution in [0.25, 0.3) is 0 Å². The summed E-state index contributed by atoms with van der Waals surface area (Å²) < 4.78 is 5.86. The van der Waals surface area contributed by atoms with Crippen LogP contribution >= 0.6 is 0 Å². The van der Waals surface area contributed by atoms with Crippen molar-refractivity contribution in [2.45, 2.75) is 32.9 Å². The molecule has 2 aromatic rings. The van der Waals surface area contributed by atoms with Crippen molar-refractivity contribution in [3.05, 3.63) is 59.4 Å². The van der Waals surface area contributed by atoms with Gasteiger partial charge in [0, 0.05) is 17.3 Å². The number of aromatic nitrogens is 1. The summed E-state index contributed by atoms with van der Waals surface area (Å²) in [6.07, 6.45) is 0.892. The van der Waals surface area contributed by atoms with E-state index in [1.165, 1.54) is 0 Å². The standard InChI is InChI=1S/C16H20N2O/c1-3-15(17)14-9-4-5-10-16(14)19-11-13-8-6-7-12(2)18-13/h4-10,15H,3,11,17H2,1-2H3. The largest absolute Gasteiger partial charge is 0.487 e. The van der Waals surface area contributed by atoms with Gasteiger partial charge < -0.3 is 10.5 Å². The van der Waals surface area contributed by atoms with Gasteiger partial charge in [-0.1, -0.05) is 31.2 Å². The molecule has 3 heteroatoms. The maximum absolute atomic E-state index is 6.09. The third kappa shape index (κ3) is 3.55. The van der Waals surface area contributed by atoms with Crippen molar-refractivity contribution >= 4 is 0 Å². The molecule has 0 aliphatic rings. The predicted octanol–water partition coefficient (Wildman–Crippen LogP) is 3.38. The first kappa shape index (κ1) is 13.6. The van der Waals surface area contributed by atoms with Crippen LogP contribution < -0.4 is 10.5 Å². The monoisotopic (exact) mass is 256 g/mol. The van der Waals surface area contributed by atoms with Crippen molar-refractivity contribution in [1.29, 1.82) is 0 Å². The van der Waals surface area contributed by atoms with Crippen molar-refractivity contribution in [3.8, 4) is 5.75 Å². The third-order valence-electron chi connectivity index (χ3n) is 3.08. The quantitative estimate of drug-likeness (QED) is 0.892. The highest BCUT2D eigenvalue weighted by molar-refractivity contribution is 5.35. The Morgan fingerprint density at radius 1 is 1.16 bits per heavy atom. The molecular formula is C16H20N2O. The number of benzene rings is 1. The molecular weight excluding hydrogens is 236 g/mol. The van der Waals surface area contributed by atoms with Crippen LogP contribution in [0.5, 0.6) is 5.75 Å². The highest BCUT2D eigenvalue weighted by Crippen LogP contribution is 2.25. The number of aryl methyl sites for hydroxylation is 1. The van der Waals surface area contributed by atoms with E-state index < -0.39 is 0 Å². The Morgan fingerprint density at radius 2 is 1.95 bits per heavy atom. The molecule has 2 rings (SSSR count). The van der Waals surface area contributed by atoms with Gasteiger partial charge in [0.15, 0.2) is 0 Å². The second-order valence-electron chi connectivity index (χ2n) is 4.61. The lowest BCUT2D eigenvalue weighted by atomic mass is 10.0. The minimum absolute atomic E-state index is 0.0154. The first-order chi connectivity index (χ1) is 9.20. The van der Waals surface area contributed by atoms with Crippen LogP contribution in [0.1, 0.15) is 36.3 Å². The smallest absolute Gasteiger partial charge is 0.130 e. The number of hydrogen-bond acceptors (Lipinski definition) is 3. The van der Waals surface area contributed by atoms with Crippen LogP contribution in [0.2, 0.25) is 0 Å². The van der Waals surface area contributed by atoms with E-state index in [-0.39, 0.29) is 6.04 Å². The second kappa shape index (κ2) is 6.34. The van der Waals surface area contributed by atoms with Gasteiger partial charge >= 0.3 is 0 Å². The lowest BCUT2D eigenvalue weighted by molar-refractivity contribution is 0.296. The number of nitrogens with zero attached hydrogens (tertiary/aromatic N) is 1. The summed E-state index contributed by atoms with van der Waals surface area (Å²) in [6.45, 7) is 4.52. The van der Waals surface area contributed by atoms with E-state index in [0.717, 1.165) is 29.1 Å². The molecule has 19 heavy (non-hydrogen) atoms. The number of hydrogen-bond donors (Lipinski definition) is 1. The normalized spacial score (nSPS) is 12.2. The zero-order valence-corrected chi connectivity index (χ0v) is 11.5. The van der Waals surface area contributed by atoms with E-state index in [4.69, 9.17) is 10.5 Å². The fourth-order valence-electron chi connectivity index (χ4n) is 1.97. The molecule has 0 radical (unpaired) electrons. The third-order valence-corrected chi connectivity index (χ3v) is 3.08. The highest BCUT2D eigenvalue weighted by Gasteiger charge is 2.10. The van der Waals surface area contributed by atoms with Crippen LogP contribution in [0.3, 0.4) is 0 Å². The minimum atomic E-state index is 0.0154. The Labute approximate surface area is 114 Å². The number of nitrogens with two attached hydrogens (primary N) is 1. The van der Waals surface area contributed by atoms with Crippen molar-refractivity contribution in [1.82, 2.24) is 4.98 Å². The number of para-hydroxylation sites is 1. The number of ether oxygens (including phenoxy) is 1. The highest BCUT2D eigenvalue weighted by atomic mass is 16.5. The number of pyridine rings is 1. The molecule has 0 fully saturated rings. The van der Waals surface area contributed by atoms with Gasteiger partial charge in [-0.05, 0) is 31.5 Å². The summed E-state index contributed by atoms with van der Waals surface area (Å²) in [7, 11) is 0. The van der Waals surface area contributed by atoms with E-state index in [0.29, 0.717) is 6.61 Å². The fraction of sp³-hybridized carbons (Fsp3) is 0.312. The topological polar surface area (TPSA) is 48.1 Å². The molecule has 0 bridgehead atoms. The molecule has 100 valence electrons. The Hall–Kier alpha value is -1.87. The van der Waals surface area contributed by atoms with Gasteiger partial charge in [0.25, 0.3) is 0 Å². The van der Waals surface area contributed by atoms with Crippen LogP contribution in [0.15, 0.2) is 42.5 Å². The van der Waals surface area contributed by atoms with Crippen LogP contribution in [-0.2, 0) is 6.61 Å². The van der Waals surface area contributed by atoms with Gasteiger partial charge in [0.05, 0.1) is 5.69 Å². The molecule has 1 atom stereocenters. The summed E-state index contributed by atoms with van der Waals surface area (Å²) in [5, 5.41) is 0. The molecule has 1 aromatic heterocycles. The van der Waals surface area contributed by atoms with Crippen LogP contribution in [0.4, 0.5) is 0 Å². The van der Waals surface area contributed by atoms with Crippen molar-refractivity contribution in [2.75, 3.05) is 0 Å². The van der Waals surface area contributed by atoms with Crippen molar-refractivity contribution < 1.29 is 4.74 Å². The molecule has 3 nitrogen and oxygen atoms in total. The maximum Gasteiger partial charge on any atom is 0.130 e. The van der Waals surface area contributed by atoms with Crippen molar-refractivity contribution in [2.24, 2.45) is 5.73 Å². The summed E-state index contributed by atoms with van der Waals surface area (Å²) in [4.78, 5) is 4.43. The minimum Gasteiger partial charge on any atom is -0.487 e. The maximum atomic E-state index is 6.09. The predicted molar refractivity (Wildman–Crippen MR) is 77.0 cm³/mol. The Morgan fingerprint density at radius 3 is 2.68 bits per heavy atom. The van der Waals surface area contributed by atoms with E-state index >= 15 is 0 Å². The Kier molecular flexibility index (Phi) is 4.53. The summed E-state index contributed by atoms with van der Waals surface area (Å²) in [5.41, 5.74) is 9.08. The molecule has 0 amide bonds. The molecule has 0 aliphatic heterocycles. The van der Waals surface area contributed by atoms with Gasteiger partial charge in [0.1, 0.15) is 12.4 Å². The number of rotatable bonds is 5. The van der Waals surface area contributed by atoms with E-state index in [2.05, 4.69) is 11.9 Å². The molecule has 1 heterocycles. The lowest BCUT2D eigenvalue weighted by Crippen LogP contribution is -2.11. The van der Waals surface area contributed by atoms with Gasteiger partial charge in [-0.25, -0.2) is 0 Å². The van der Waals surface area contributed by atoms with Crippen molar-refractivity contribution in [3.63, 3.8) is 0 Å². The Balaban J connectivity index is 2.11. The zero-order valence-electron chi connectivity index (χ0n) is 11.5. The van der Waals surface area contributed by atoms with Gasteiger partial charge in [0.2, 0.25) is 0 Å². The van der Waals surface area contributed by atoms with Gasteiger partial charge in [-0.3, -0.25) is 4.98 Å². The van der Waals surface area contributed by atoms with E-state index in [1.807, 2.05) is 49.4 Å². The zero-order chi connectivity index (χ0) is 13.7. The summed E-state index contributed by atoms with van der Waals surface area (Å²) in [5.74, 6) is 0.847. The average molecular weight is 256 g/mol. The average Bonchev–Trinajstić information content (AvgIpc) is 2.45. The first-order valence-electron chi connectivity index (χ1n) is 6.60. The molecule has 0 saturated heterocycles. The van der Waals surface area contributed by atoms with Gasteiger partial charge in [-0.15, -0.1) is 0 Å². The molecule has 1 aromatic carbocycles. The van der Waals surface area contributed by atoms with Crippen LogP contribution in [0, 0.1) is 6.92 Å². The molecule has 0 saturated carbocycles. The van der Waals surface area contributed by atoms with Gasteiger partial charge in [-0.2, -0.15) is 0 Å². The molecule has 0 aliphatic carbocycles. The molecule has 2 N–H and O–H groups in total. The summed E-state index contributed by atoms with van der Waals surface area (Å²) >= 11 is 0. The van der Waals surface area contributed by atoms with E-state index in [1.54, 1.807) is 0 Å². The lowest BCUT2D eigenvalue weighted by Gasteiger charge is -2.15. The molecule has 0 spiro atoms. The summed E-state index contributed by atoms with van der Waals surface area (Å²) in [6, 6.07) is 13.9. The molecule has 1 unspecified atom stereocenters. The first-order valence-corrected chi connectivity index (χ1v) is 6.60. The van der Waals surface area contributed by atoms with Crippen LogP contribution in [-0.4, -0.2) is 4.98 Å². The fourth-order valence-corrected chi connectivity index (χ4v) is 1.97. The SMILES string of the molecule is CCC(N)c1ccccc1OCc1cccc(C)n1. The van der Waals surface area contributed by atoms with E-state index in [9.17, 15) is 0 Å². The Bertz CT molecular complexity index is 540.